The number of nitrogens with one attached hydrogen (secondary N) is 1. The lowest BCUT2D eigenvalue weighted by molar-refractivity contribution is -0.137. The van der Waals surface area contributed by atoms with E-state index in [9.17, 15) is 4.79 Å². The van der Waals surface area contributed by atoms with Gasteiger partial charge in [0, 0.05) is 42.1 Å². The molecule has 0 atom stereocenters. The summed E-state index contributed by atoms with van der Waals surface area (Å²) in [5.41, 5.74) is 4.58. The SMILES string of the molecule is O=C(O)CCCn1nc2c(c1-c1ccc(Cl)cc1)CCNCC2. The van der Waals surface area contributed by atoms with Crippen LogP contribution in [0.3, 0.4) is 0 Å². The molecule has 0 saturated carbocycles. The van der Waals surface area contributed by atoms with Crippen molar-refractivity contribution in [1.82, 2.24) is 15.1 Å². The molecule has 0 unspecified atom stereocenters. The third-order valence-corrected chi connectivity index (χ3v) is 4.35. The third-order valence-electron chi connectivity index (χ3n) is 4.10. The average Bonchev–Trinajstić information content (AvgIpc) is 2.70. The lowest BCUT2D eigenvalue weighted by atomic mass is 10.0. The largest absolute Gasteiger partial charge is 0.481 e. The van der Waals surface area contributed by atoms with Gasteiger partial charge in [-0.3, -0.25) is 9.48 Å². The van der Waals surface area contributed by atoms with Crippen molar-refractivity contribution in [2.75, 3.05) is 13.1 Å². The van der Waals surface area contributed by atoms with Crippen molar-refractivity contribution in [3.05, 3.63) is 40.5 Å². The summed E-state index contributed by atoms with van der Waals surface area (Å²) in [4.78, 5) is 10.8. The molecule has 122 valence electrons. The maximum absolute atomic E-state index is 10.8. The maximum atomic E-state index is 10.8. The Hall–Kier alpha value is -1.85. The molecular formula is C17H20ClN3O2. The molecule has 0 aliphatic carbocycles. The van der Waals surface area contributed by atoms with E-state index in [1.165, 1.54) is 5.56 Å². The van der Waals surface area contributed by atoms with Gasteiger partial charge >= 0.3 is 5.97 Å². The molecule has 3 rings (SSSR count). The summed E-state index contributed by atoms with van der Waals surface area (Å²) in [5.74, 6) is -0.768. The van der Waals surface area contributed by atoms with E-state index in [0.717, 1.165) is 42.9 Å². The molecule has 1 aromatic carbocycles. The first kappa shape index (κ1) is 16.0. The predicted molar refractivity (Wildman–Crippen MR) is 89.8 cm³/mol. The molecule has 1 aromatic heterocycles. The number of benzene rings is 1. The molecule has 2 N–H and O–H groups in total. The van der Waals surface area contributed by atoms with Gasteiger partial charge in [-0.05, 0) is 31.5 Å². The van der Waals surface area contributed by atoms with Crippen LogP contribution in [0.1, 0.15) is 24.1 Å². The molecule has 2 aromatic rings. The second-order valence-electron chi connectivity index (χ2n) is 5.75. The lowest BCUT2D eigenvalue weighted by Crippen LogP contribution is -2.17. The van der Waals surface area contributed by atoms with Crippen LogP contribution in [0.5, 0.6) is 0 Å². The van der Waals surface area contributed by atoms with Crippen molar-refractivity contribution in [3.63, 3.8) is 0 Å². The highest BCUT2D eigenvalue weighted by Crippen LogP contribution is 2.29. The molecule has 0 radical (unpaired) electrons. The highest BCUT2D eigenvalue weighted by atomic mass is 35.5. The van der Waals surface area contributed by atoms with Crippen molar-refractivity contribution in [1.29, 1.82) is 0 Å². The fraction of sp³-hybridized carbons (Fsp3) is 0.412. The van der Waals surface area contributed by atoms with E-state index in [2.05, 4.69) is 5.32 Å². The summed E-state index contributed by atoms with van der Waals surface area (Å²) >= 11 is 6.00. The van der Waals surface area contributed by atoms with E-state index in [1.54, 1.807) is 0 Å². The van der Waals surface area contributed by atoms with E-state index in [0.29, 0.717) is 18.0 Å². The predicted octanol–water partition coefficient (Wildman–Crippen LogP) is 2.76. The second-order valence-corrected chi connectivity index (χ2v) is 6.19. The summed E-state index contributed by atoms with van der Waals surface area (Å²) in [6.45, 7) is 2.48. The zero-order valence-electron chi connectivity index (χ0n) is 12.9. The Morgan fingerprint density at radius 3 is 2.74 bits per heavy atom. The van der Waals surface area contributed by atoms with Crippen LogP contribution in [-0.2, 0) is 24.2 Å². The molecule has 0 saturated heterocycles. The highest BCUT2D eigenvalue weighted by molar-refractivity contribution is 6.30. The quantitative estimate of drug-likeness (QED) is 0.883. The molecule has 0 amide bonds. The van der Waals surface area contributed by atoms with Gasteiger partial charge in [-0.2, -0.15) is 5.10 Å². The zero-order chi connectivity index (χ0) is 16.2. The standard InChI is InChI=1S/C17H20ClN3O2/c18-13-5-3-12(4-6-13)17-14-7-9-19-10-8-15(14)20-21(17)11-1-2-16(22)23/h3-6,19H,1-2,7-11H2,(H,22,23). The fourth-order valence-electron chi connectivity index (χ4n) is 3.03. The van der Waals surface area contributed by atoms with Crippen LogP contribution < -0.4 is 5.32 Å². The minimum Gasteiger partial charge on any atom is -0.481 e. The van der Waals surface area contributed by atoms with Crippen molar-refractivity contribution in [3.8, 4) is 11.3 Å². The Morgan fingerprint density at radius 2 is 2.00 bits per heavy atom. The van der Waals surface area contributed by atoms with Crippen molar-refractivity contribution >= 4 is 17.6 Å². The molecule has 5 nitrogen and oxygen atoms in total. The lowest BCUT2D eigenvalue weighted by Gasteiger charge is -2.10. The number of nitrogens with zero attached hydrogens (tertiary/aromatic N) is 2. The van der Waals surface area contributed by atoms with Crippen LogP contribution in [0.15, 0.2) is 24.3 Å². The zero-order valence-corrected chi connectivity index (χ0v) is 13.6. The summed E-state index contributed by atoms with van der Waals surface area (Å²) in [6.07, 6.45) is 2.58. The molecular weight excluding hydrogens is 314 g/mol. The van der Waals surface area contributed by atoms with Gasteiger partial charge in [0.25, 0.3) is 0 Å². The first-order valence-corrected chi connectivity index (χ1v) is 8.30. The number of carbonyl (C=O) groups is 1. The van der Waals surface area contributed by atoms with Gasteiger partial charge in [0.2, 0.25) is 0 Å². The Morgan fingerprint density at radius 1 is 1.26 bits per heavy atom. The van der Waals surface area contributed by atoms with E-state index in [-0.39, 0.29) is 6.42 Å². The Balaban J connectivity index is 1.97. The van der Waals surface area contributed by atoms with Gasteiger partial charge in [0.15, 0.2) is 0 Å². The van der Waals surface area contributed by atoms with Crippen molar-refractivity contribution in [2.45, 2.75) is 32.2 Å². The van der Waals surface area contributed by atoms with E-state index < -0.39 is 5.97 Å². The summed E-state index contributed by atoms with van der Waals surface area (Å²) in [5, 5.41) is 17.7. The minimum absolute atomic E-state index is 0.159. The van der Waals surface area contributed by atoms with Crippen LogP contribution in [0.4, 0.5) is 0 Å². The third kappa shape index (κ3) is 3.74. The second kappa shape index (κ2) is 7.15. The minimum atomic E-state index is -0.768. The molecule has 23 heavy (non-hydrogen) atoms. The summed E-state index contributed by atoms with van der Waals surface area (Å²) in [7, 11) is 0. The number of fused-ring (bicyclic) bond motifs is 1. The number of aryl methyl sites for hydroxylation is 1. The number of hydrogen-bond donors (Lipinski definition) is 2. The van der Waals surface area contributed by atoms with Gasteiger partial charge in [0.1, 0.15) is 0 Å². The number of carboxylic acid groups (broad SMARTS) is 1. The van der Waals surface area contributed by atoms with Gasteiger partial charge in [0.05, 0.1) is 11.4 Å². The van der Waals surface area contributed by atoms with Crippen LogP contribution in [-0.4, -0.2) is 33.9 Å². The van der Waals surface area contributed by atoms with Crippen LogP contribution in [0.25, 0.3) is 11.3 Å². The Labute approximate surface area is 140 Å². The van der Waals surface area contributed by atoms with Crippen LogP contribution in [0, 0.1) is 0 Å². The monoisotopic (exact) mass is 333 g/mol. The Bertz CT molecular complexity index is 695. The molecule has 0 bridgehead atoms. The first-order chi connectivity index (χ1) is 11.1. The smallest absolute Gasteiger partial charge is 0.303 e. The van der Waals surface area contributed by atoms with Gasteiger partial charge in [-0.15, -0.1) is 0 Å². The normalized spacial score (nSPS) is 14.3. The van der Waals surface area contributed by atoms with E-state index >= 15 is 0 Å². The fourth-order valence-corrected chi connectivity index (χ4v) is 3.16. The number of carboxylic acids is 1. The number of aliphatic carboxylic acids is 1. The molecule has 1 aliphatic heterocycles. The number of halogens is 1. The Kier molecular flexibility index (Phi) is 4.98. The average molecular weight is 334 g/mol. The molecule has 2 heterocycles. The number of aromatic nitrogens is 2. The van der Waals surface area contributed by atoms with E-state index in [1.807, 2.05) is 28.9 Å². The van der Waals surface area contributed by atoms with Crippen molar-refractivity contribution in [2.24, 2.45) is 0 Å². The molecule has 0 spiro atoms. The summed E-state index contributed by atoms with van der Waals surface area (Å²) < 4.78 is 1.97. The topological polar surface area (TPSA) is 67.1 Å². The van der Waals surface area contributed by atoms with Crippen LogP contribution >= 0.6 is 11.6 Å². The summed E-state index contributed by atoms with van der Waals surface area (Å²) in [6, 6.07) is 7.77. The maximum Gasteiger partial charge on any atom is 0.303 e. The molecule has 6 heteroatoms. The highest BCUT2D eigenvalue weighted by Gasteiger charge is 2.20. The first-order valence-electron chi connectivity index (χ1n) is 7.92. The molecule has 0 fully saturated rings. The molecule has 1 aliphatic rings. The van der Waals surface area contributed by atoms with Crippen molar-refractivity contribution < 1.29 is 9.90 Å². The number of rotatable bonds is 5. The van der Waals surface area contributed by atoms with Gasteiger partial charge in [-0.25, -0.2) is 0 Å². The van der Waals surface area contributed by atoms with Crippen LogP contribution in [0.2, 0.25) is 5.02 Å². The van der Waals surface area contributed by atoms with Gasteiger partial charge < -0.3 is 10.4 Å². The number of hydrogen-bond acceptors (Lipinski definition) is 3. The van der Waals surface area contributed by atoms with Gasteiger partial charge in [-0.1, -0.05) is 23.7 Å². The van der Waals surface area contributed by atoms with E-state index in [4.69, 9.17) is 21.8 Å².